The molecule has 0 saturated carbocycles. The van der Waals surface area contributed by atoms with Crippen LogP contribution in [0.1, 0.15) is 16.0 Å². The molecule has 75 valence electrons. The molecule has 1 aromatic rings. The molecule has 0 aliphatic heterocycles. The summed E-state index contributed by atoms with van der Waals surface area (Å²) in [4.78, 5) is 2.58. The van der Waals surface area contributed by atoms with E-state index in [1.54, 1.807) is 0 Å². The van der Waals surface area contributed by atoms with Gasteiger partial charge >= 0.3 is 0 Å². The van der Waals surface area contributed by atoms with Crippen LogP contribution in [0, 0.1) is 13.0 Å². The molecule has 0 saturated heterocycles. The molecule has 0 aromatic heterocycles. The minimum atomic E-state index is 0. The molecule has 0 amide bonds. The average molecular weight is 330 g/mol. The Kier molecular flexibility index (Phi) is 7.49. The van der Waals surface area contributed by atoms with Gasteiger partial charge in [-0.05, 0) is 14.1 Å². The number of likely N-dealkylation sites (N-methyl/N-ethyl adjacent to an activating group) is 1. The fourth-order valence-corrected chi connectivity index (χ4v) is 2.09. The molecule has 1 rings (SSSR count). The summed E-state index contributed by atoms with van der Waals surface area (Å²) in [6, 6.07) is 9.40. The molecule has 0 N–H and O–H groups in total. The van der Waals surface area contributed by atoms with E-state index in [9.17, 15) is 0 Å². The number of alkyl halides is 1. The maximum absolute atomic E-state index is 3.67. The predicted octanol–water partition coefficient (Wildman–Crippen LogP) is 2.79. The second kappa shape index (κ2) is 7.11. The van der Waals surface area contributed by atoms with E-state index >= 15 is 0 Å². The van der Waals surface area contributed by atoms with Gasteiger partial charge < -0.3 is 4.90 Å². The molecule has 3 heteroatoms. The molecule has 14 heavy (non-hydrogen) atoms. The summed E-state index contributed by atoms with van der Waals surface area (Å²) in [6.45, 7) is 3.09. The number of hydrogen-bond acceptors (Lipinski definition) is 1. The van der Waals surface area contributed by atoms with E-state index in [1.165, 1.54) is 11.1 Å². The van der Waals surface area contributed by atoms with Crippen molar-refractivity contribution in [1.29, 1.82) is 0 Å². The van der Waals surface area contributed by atoms with Crippen molar-refractivity contribution in [3.05, 3.63) is 35.4 Å². The van der Waals surface area contributed by atoms with Crippen LogP contribution in [0.15, 0.2) is 18.2 Å². The molecule has 1 nitrogen and oxygen atoms in total. The van der Waals surface area contributed by atoms with Crippen LogP contribution in [0.5, 0.6) is 0 Å². The molecular weight excluding hydrogens is 315 g/mol. The number of aryl methyl sites for hydroxylation is 1. The standard InChI is InChI=1S/C11H15BrN.Y/c1-9-5-4-6-10(7-9)11(12)8-13(2)3;/h4,6-7,11H,8H2,1-3H3;/q-1;. The molecule has 1 radical (unpaired) electrons. The largest absolute Gasteiger partial charge is 0.308 e. The number of benzene rings is 1. The van der Waals surface area contributed by atoms with Crippen LogP contribution in [-0.2, 0) is 32.7 Å². The molecule has 0 aliphatic rings. The first-order valence-electron chi connectivity index (χ1n) is 4.36. The van der Waals surface area contributed by atoms with Crippen LogP contribution < -0.4 is 0 Å². The smallest absolute Gasteiger partial charge is 0.0302 e. The Labute approximate surface area is 120 Å². The van der Waals surface area contributed by atoms with E-state index in [1.807, 2.05) is 6.07 Å². The van der Waals surface area contributed by atoms with Crippen LogP contribution in [0.4, 0.5) is 0 Å². The second-order valence-corrected chi connectivity index (χ2v) is 4.64. The monoisotopic (exact) mass is 329 g/mol. The molecular formula is C11H15BrNY-. The predicted molar refractivity (Wildman–Crippen MR) is 60.2 cm³/mol. The third kappa shape index (κ3) is 5.02. The average Bonchev–Trinajstić information content (AvgIpc) is 2.03. The van der Waals surface area contributed by atoms with Crippen molar-refractivity contribution in [2.75, 3.05) is 20.6 Å². The summed E-state index contributed by atoms with van der Waals surface area (Å²) in [5, 5.41) is 0. The van der Waals surface area contributed by atoms with Crippen LogP contribution in [0.25, 0.3) is 0 Å². The van der Waals surface area contributed by atoms with Crippen LogP contribution in [-0.4, -0.2) is 25.5 Å². The van der Waals surface area contributed by atoms with Gasteiger partial charge in [0.2, 0.25) is 0 Å². The Morgan fingerprint density at radius 3 is 2.64 bits per heavy atom. The Morgan fingerprint density at radius 2 is 2.14 bits per heavy atom. The fraction of sp³-hybridized carbons (Fsp3) is 0.455. The minimum absolute atomic E-state index is 0. The summed E-state index contributed by atoms with van der Waals surface area (Å²) >= 11 is 3.67. The van der Waals surface area contributed by atoms with Gasteiger partial charge in [-0.2, -0.15) is 29.8 Å². The molecule has 1 aromatic carbocycles. The van der Waals surface area contributed by atoms with Crippen molar-refractivity contribution in [1.82, 2.24) is 4.90 Å². The molecule has 0 bridgehead atoms. The van der Waals surface area contributed by atoms with Gasteiger partial charge in [0.05, 0.1) is 0 Å². The maximum Gasteiger partial charge on any atom is 0.0302 e. The molecule has 0 fully saturated rings. The number of rotatable bonds is 3. The zero-order valence-corrected chi connectivity index (χ0v) is 13.3. The Morgan fingerprint density at radius 1 is 1.50 bits per heavy atom. The van der Waals surface area contributed by atoms with E-state index < -0.39 is 0 Å². The van der Waals surface area contributed by atoms with Crippen molar-refractivity contribution >= 4 is 15.9 Å². The van der Waals surface area contributed by atoms with Crippen molar-refractivity contribution in [3.63, 3.8) is 0 Å². The van der Waals surface area contributed by atoms with Crippen LogP contribution in [0.2, 0.25) is 0 Å². The third-order valence-electron chi connectivity index (χ3n) is 1.86. The van der Waals surface area contributed by atoms with E-state index in [0.717, 1.165) is 6.54 Å². The first kappa shape index (κ1) is 14.8. The zero-order chi connectivity index (χ0) is 9.84. The SMILES string of the molecule is Cc1[c-]ccc(C(Br)CN(C)C)c1.[Y]. The summed E-state index contributed by atoms with van der Waals surface area (Å²) in [5.41, 5.74) is 2.52. The topological polar surface area (TPSA) is 3.24 Å². The van der Waals surface area contributed by atoms with Gasteiger partial charge in [0, 0.05) is 44.1 Å². The van der Waals surface area contributed by atoms with Gasteiger partial charge in [-0.25, -0.2) is 0 Å². The van der Waals surface area contributed by atoms with Gasteiger partial charge in [-0.1, -0.05) is 22.9 Å². The summed E-state index contributed by atoms with van der Waals surface area (Å²) < 4.78 is 0. The number of nitrogens with zero attached hydrogens (tertiary/aromatic N) is 1. The maximum atomic E-state index is 3.67. The summed E-state index contributed by atoms with van der Waals surface area (Å²) in [5.74, 6) is 0. The van der Waals surface area contributed by atoms with E-state index in [4.69, 9.17) is 0 Å². The summed E-state index contributed by atoms with van der Waals surface area (Å²) in [7, 11) is 4.16. The molecule has 0 aliphatic carbocycles. The fourth-order valence-electron chi connectivity index (χ4n) is 1.23. The minimum Gasteiger partial charge on any atom is -0.308 e. The van der Waals surface area contributed by atoms with Gasteiger partial charge in [0.25, 0.3) is 0 Å². The van der Waals surface area contributed by atoms with Crippen LogP contribution in [0.3, 0.4) is 0 Å². The zero-order valence-electron chi connectivity index (χ0n) is 8.92. The van der Waals surface area contributed by atoms with Crippen molar-refractivity contribution in [2.24, 2.45) is 0 Å². The Bertz CT molecular complexity index is 276. The van der Waals surface area contributed by atoms with Crippen molar-refractivity contribution < 1.29 is 32.7 Å². The Balaban J connectivity index is 0.00000169. The summed E-state index contributed by atoms with van der Waals surface area (Å²) in [6.07, 6.45) is 0. The molecule has 0 spiro atoms. The van der Waals surface area contributed by atoms with E-state index in [0.29, 0.717) is 4.83 Å². The molecule has 1 unspecified atom stereocenters. The molecule has 0 heterocycles. The van der Waals surface area contributed by atoms with Crippen LogP contribution >= 0.6 is 15.9 Å². The normalized spacial score (nSPS) is 12.4. The van der Waals surface area contributed by atoms with E-state index in [2.05, 4.69) is 60.0 Å². The first-order valence-corrected chi connectivity index (χ1v) is 5.28. The van der Waals surface area contributed by atoms with E-state index in [-0.39, 0.29) is 32.7 Å². The third-order valence-corrected chi connectivity index (χ3v) is 2.68. The first-order chi connectivity index (χ1) is 6.09. The van der Waals surface area contributed by atoms with Gasteiger partial charge in [0.15, 0.2) is 0 Å². The molecule has 1 atom stereocenters. The quantitative estimate of drug-likeness (QED) is 0.609. The van der Waals surface area contributed by atoms with Gasteiger partial charge in [0.1, 0.15) is 0 Å². The van der Waals surface area contributed by atoms with Crippen molar-refractivity contribution in [2.45, 2.75) is 11.8 Å². The van der Waals surface area contributed by atoms with Gasteiger partial charge in [-0.3, -0.25) is 0 Å². The van der Waals surface area contributed by atoms with Crippen molar-refractivity contribution in [3.8, 4) is 0 Å². The number of hydrogen-bond donors (Lipinski definition) is 0. The Hall–Kier alpha value is 0.764. The number of halogens is 1. The second-order valence-electron chi connectivity index (χ2n) is 3.53. The van der Waals surface area contributed by atoms with Gasteiger partial charge in [-0.15, -0.1) is 5.56 Å².